The molecule has 1 aliphatic heterocycles. The molecular formula is C24H31N5O5. The maximum Gasteiger partial charge on any atom is 0.324 e. The van der Waals surface area contributed by atoms with Gasteiger partial charge in [0, 0.05) is 37.8 Å². The molecule has 182 valence electrons. The molecular weight excluding hydrogens is 438 g/mol. The third kappa shape index (κ3) is 5.45. The Hall–Kier alpha value is -3.24. The van der Waals surface area contributed by atoms with Crippen LogP contribution in [0.4, 0.5) is 6.01 Å². The monoisotopic (exact) mass is 469 g/mol. The zero-order valence-electron chi connectivity index (χ0n) is 19.7. The average molecular weight is 470 g/mol. The van der Waals surface area contributed by atoms with Crippen LogP contribution in [0.3, 0.4) is 0 Å². The summed E-state index contributed by atoms with van der Waals surface area (Å²) in [6, 6.07) is 7.77. The number of hydrogen-bond donors (Lipinski definition) is 2. The van der Waals surface area contributed by atoms with Gasteiger partial charge in [0.05, 0.1) is 18.8 Å². The lowest BCUT2D eigenvalue weighted by Gasteiger charge is -2.30. The molecule has 3 heterocycles. The van der Waals surface area contributed by atoms with Crippen molar-refractivity contribution in [2.45, 2.75) is 51.6 Å². The Morgan fingerprint density at radius 1 is 1.06 bits per heavy atom. The van der Waals surface area contributed by atoms with E-state index in [2.05, 4.69) is 25.0 Å². The number of ether oxygens (including phenoxy) is 2. The van der Waals surface area contributed by atoms with Crippen molar-refractivity contribution in [2.24, 2.45) is 0 Å². The largest absolute Gasteiger partial charge is 0.474 e. The summed E-state index contributed by atoms with van der Waals surface area (Å²) in [6.45, 7) is 7.23. The SMILES string of the molecule is Cc1c(Oc2ccc(C(CO)CO)cc2)ncnc1OC1CCN(c2nc(C(C)C)no2)CC1. The summed E-state index contributed by atoms with van der Waals surface area (Å²) < 4.78 is 17.5. The van der Waals surface area contributed by atoms with E-state index in [1.165, 1.54) is 6.33 Å². The quantitative estimate of drug-likeness (QED) is 0.482. The van der Waals surface area contributed by atoms with Crippen molar-refractivity contribution in [2.75, 3.05) is 31.2 Å². The smallest absolute Gasteiger partial charge is 0.324 e. The van der Waals surface area contributed by atoms with Crippen molar-refractivity contribution in [3.63, 3.8) is 0 Å². The van der Waals surface area contributed by atoms with E-state index in [4.69, 9.17) is 14.0 Å². The second kappa shape index (κ2) is 10.8. The van der Waals surface area contributed by atoms with Crippen molar-refractivity contribution in [1.82, 2.24) is 20.1 Å². The number of piperidine rings is 1. The second-order valence-corrected chi connectivity index (χ2v) is 8.74. The van der Waals surface area contributed by atoms with E-state index >= 15 is 0 Å². The fraction of sp³-hybridized carbons (Fsp3) is 0.500. The van der Waals surface area contributed by atoms with Gasteiger partial charge in [-0.1, -0.05) is 31.1 Å². The van der Waals surface area contributed by atoms with E-state index in [0.717, 1.165) is 37.1 Å². The summed E-state index contributed by atoms with van der Waals surface area (Å²) in [5.74, 6) is 2.15. The van der Waals surface area contributed by atoms with E-state index in [1.807, 2.05) is 32.9 Å². The maximum absolute atomic E-state index is 9.34. The minimum Gasteiger partial charge on any atom is -0.474 e. The standard InChI is InChI=1S/C24H31N5O5/c1-15(2)21-27-24(34-28-21)29-10-8-20(9-11-29)33-23-16(3)22(25-14-26-23)32-19-6-4-17(5-7-19)18(12-30)13-31/h4-7,14-15,18,20,30-31H,8-13H2,1-3H3. The summed E-state index contributed by atoms with van der Waals surface area (Å²) in [7, 11) is 0. The van der Waals surface area contributed by atoms with Gasteiger partial charge >= 0.3 is 6.01 Å². The first kappa shape index (κ1) is 23.9. The van der Waals surface area contributed by atoms with Crippen LogP contribution in [0.1, 0.15) is 55.5 Å². The highest BCUT2D eigenvalue weighted by Gasteiger charge is 2.26. The molecule has 0 unspecified atom stereocenters. The van der Waals surface area contributed by atoms with Crippen molar-refractivity contribution >= 4 is 6.01 Å². The number of aliphatic hydroxyl groups is 2. The molecule has 2 aromatic heterocycles. The third-order valence-corrected chi connectivity index (χ3v) is 5.94. The number of aliphatic hydroxyl groups excluding tert-OH is 2. The van der Waals surface area contributed by atoms with Crippen molar-refractivity contribution in [3.05, 3.63) is 47.5 Å². The molecule has 34 heavy (non-hydrogen) atoms. The molecule has 0 bridgehead atoms. The molecule has 0 radical (unpaired) electrons. The second-order valence-electron chi connectivity index (χ2n) is 8.74. The predicted molar refractivity (Wildman–Crippen MR) is 124 cm³/mol. The zero-order chi connectivity index (χ0) is 24.1. The number of anilines is 1. The van der Waals surface area contributed by atoms with Crippen LogP contribution in [0, 0.1) is 6.92 Å². The molecule has 1 fully saturated rings. The van der Waals surface area contributed by atoms with E-state index in [-0.39, 0.29) is 31.2 Å². The van der Waals surface area contributed by atoms with Crippen LogP contribution in [-0.4, -0.2) is 62.7 Å². The van der Waals surface area contributed by atoms with Crippen molar-refractivity contribution < 1.29 is 24.2 Å². The normalized spacial score (nSPS) is 14.7. The fourth-order valence-corrected chi connectivity index (χ4v) is 3.74. The first-order valence-corrected chi connectivity index (χ1v) is 11.5. The summed E-state index contributed by atoms with van der Waals surface area (Å²) in [4.78, 5) is 15.1. The van der Waals surface area contributed by atoms with Crippen LogP contribution < -0.4 is 14.4 Å². The van der Waals surface area contributed by atoms with Gasteiger partial charge < -0.3 is 29.1 Å². The van der Waals surface area contributed by atoms with Crippen molar-refractivity contribution in [1.29, 1.82) is 0 Å². The Morgan fingerprint density at radius 2 is 1.74 bits per heavy atom. The predicted octanol–water partition coefficient (Wildman–Crippen LogP) is 3.20. The molecule has 0 spiro atoms. The van der Waals surface area contributed by atoms with Crippen LogP contribution in [0.25, 0.3) is 0 Å². The highest BCUT2D eigenvalue weighted by atomic mass is 16.5. The Labute approximate surface area is 198 Å². The first-order chi connectivity index (χ1) is 16.5. The van der Waals surface area contributed by atoms with Gasteiger partial charge in [-0.3, -0.25) is 0 Å². The molecule has 0 atom stereocenters. The van der Waals surface area contributed by atoms with Crippen molar-refractivity contribution in [3.8, 4) is 17.5 Å². The molecule has 1 aliphatic rings. The highest BCUT2D eigenvalue weighted by molar-refractivity contribution is 5.38. The highest BCUT2D eigenvalue weighted by Crippen LogP contribution is 2.30. The van der Waals surface area contributed by atoms with Gasteiger partial charge in [-0.25, -0.2) is 9.97 Å². The minimum absolute atomic E-state index is 0.0124. The van der Waals surface area contributed by atoms with Crippen LogP contribution in [-0.2, 0) is 0 Å². The lowest BCUT2D eigenvalue weighted by atomic mass is 10.0. The lowest BCUT2D eigenvalue weighted by molar-refractivity contribution is 0.159. The average Bonchev–Trinajstić information content (AvgIpc) is 3.35. The molecule has 0 aliphatic carbocycles. The Kier molecular flexibility index (Phi) is 7.59. The maximum atomic E-state index is 9.34. The Bertz CT molecular complexity index is 1060. The molecule has 10 heteroatoms. The number of aromatic nitrogens is 4. The summed E-state index contributed by atoms with van der Waals surface area (Å²) in [6.07, 6.45) is 3.05. The van der Waals surface area contributed by atoms with Crippen LogP contribution >= 0.6 is 0 Å². The van der Waals surface area contributed by atoms with Gasteiger partial charge in [-0.15, -0.1) is 0 Å². The van der Waals surface area contributed by atoms with E-state index in [0.29, 0.717) is 29.3 Å². The van der Waals surface area contributed by atoms with Gasteiger partial charge in [0.15, 0.2) is 5.82 Å². The van der Waals surface area contributed by atoms with Gasteiger partial charge in [0.25, 0.3) is 0 Å². The van der Waals surface area contributed by atoms with Crippen LogP contribution in [0.15, 0.2) is 35.1 Å². The zero-order valence-corrected chi connectivity index (χ0v) is 19.7. The number of hydrogen-bond acceptors (Lipinski definition) is 10. The molecule has 1 aromatic carbocycles. The minimum atomic E-state index is -0.307. The molecule has 1 saturated heterocycles. The van der Waals surface area contributed by atoms with Crippen LogP contribution in [0.5, 0.6) is 17.5 Å². The van der Waals surface area contributed by atoms with E-state index in [1.54, 1.807) is 12.1 Å². The lowest BCUT2D eigenvalue weighted by Crippen LogP contribution is -2.38. The summed E-state index contributed by atoms with van der Waals surface area (Å²) in [5.41, 5.74) is 1.56. The molecule has 2 N–H and O–H groups in total. The summed E-state index contributed by atoms with van der Waals surface area (Å²) in [5, 5.41) is 22.7. The fourth-order valence-electron chi connectivity index (χ4n) is 3.74. The topological polar surface area (TPSA) is 127 Å². The molecule has 0 amide bonds. The molecule has 0 saturated carbocycles. The first-order valence-electron chi connectivity index (χ1n) is 11.5. The van der Waals surface area contributed by atoms with Crippen LogP contribution in [0.2, 0.25) is 0 Å². The molecule has 10 nitrogen and oxygen atoms in total. The Morgan fingerprint density at radius 3 is 2.35 bits per heavy atom. The van der Waals surface area contributed by atoms with E-state index in [9.17, 15) is 10.2 Å². The summed E-state index contributed by atoms with van der Waals surface area (Å²) >= 11 is 0. The Balaban J connectivity index is 1.36. The number of benzene rings is 1. The molecule has 3 aromatic rings. The number of rotatable bonds is 9. The van der Waals surface area contributed by atoms with Gasteiger partial charge in [-0.05, 0) is 24.6 Å². The van der Waals surface area contributed by atoms with Gasteiger partial charge in [-0.2, -0.15) is 4.98 Å². The molecule has 4 rings (SSSR count). The number of nitrogens with zero attached hydrogens (tertiary/aromatic N) is 5. The third-order valence-electron chi connectivity index (χ3n) is 5.94. The van der Waals surface area contributed by atoms with Gasteiger partial charge in [0.2, 0.25) is 11.8 Å². The van der Waals surface area contributed by atoms with Gasteiger partial charge in [0.1, 0.15) is 18.2 Å². The van der Waals surface area contributed by atoms with E-state index < -0.39 is 0 Å².